The zero-order valence-corrected chi connectivity index (χ0v) is 17.1. The molecule has 5 heteroatoms. The first-order valence-corrected chi connectivity index (χ1v) is 10.3. The van der Waals surface area contributed by atoms with E-state index in [4.69, 9.17) is 0 Å². The summed E-state index contributed by atoms with van der Waals surface area (Å²) in [7, 11) is 0. The number of rotatable bonds is 5. The van der Waals surface area contributed by atoms with Crippen molar-refractivity contribution in [3.8, 4) is 11.3 Å². The Kier molecular flexibility index (Phi) is 4.59. The van der Waals surface area contributed by atoms with Gasteiger partial charge in [0.05, 0.1) is 18.2 Å². The molecule has 0 fully saturated rings. The molecular weight excluding hydrogens is 388 g/mol. The van der Waals surface area contributed by atoms with Crippen LogP contribution in [0.4, 0.5) is 0 Å². The van der Waals surface area contributed by atoms with Crippen LogP contribution >= 0.6 is 0 Å². The maximum atomic E-state index is 13.3. The Morgan fingerprint density at radius 1 is 1.00 bits per heavy atom. The summed E-state index contributed by atoms with van der Waals surface area (Å²) in [4.78, 5) is 29.8. The van der Waals surface area contributed by atoms with Crippen molar-refractivity contribution in [2.75, 3.05) is 6.54 Å². The number of carbonyl (C=O) groups excluding carboxylic acids is 1. The monoisotopic (exact) mass is 410 g/mol. The Balaban J connectivity index is 1.76. The predicted molar refractivity (Wildman–Crippen MR) is 120 cm³/mol. The number of carbonyl (C=O) groups is 2. The molecule has 2 heterocycles. The number of aliphatic carboxylic acids is 1. The van der Waals surface area contributed by atoms with Gasteiger partial charge in [0, 0.05) is 28.6 Å². The molecule has 1 aromatic heterocycles. The summed E-state index contributed by atoms with van der Waals surface area (Å²) in [5.41, 5.74) is 6.70. The van der Waals surface area contributed by atoms with Gasteiger partial charge in [-0.05, 0) is 30.2 Å². The van der Waals surface area contributed by atoms with Crippen LogP contribution in [0.1, 0.15) is 39.5 Å². The van der Waals surface area contributed by atoms with Gasteiger partial charge in [0.25, 0.3) is 5.91 Å². The van der Waals surface area contributed by atoms with E-state index < -0.39 is 5.97 Å². The van der Waals surface area contributed by atoms with Crippen LogP contribution in [0.3, 0.4) is 0 Å². The Morgan fingerprint density at radius 3 is 2.48 bits per heavy atom. The number of hydrogen-bond donors (Lipinski definition) is 2. The molecule has 31 heavy (non-hydrogen) atoms. The number of nitrogens with one attached hydrogen (secondary N) is 1. The molecular formula is C26H22N2O3. The highest BCUT2D eigenvalue weighted by Gasteiger charge is 2.40. The van der Waals surface area contributed by atoms with Crippen molar-refractivity contribution in [3.63, 3.8) is 0 Å². The fourth-order valence-corrected chi connectivity index (χ4v) is 4.52. The molecule has 154 valence electrons. The van der Waals surface area contributed by atoms with Crippen LogP contribution in [0.15, 0.2) is 72.8 Å². The normalized spacial score (nSPS) is 15.5. The lowest BCUT2D eigenvalue weighted by molar-refractivity contribution is -0.137. The number of benzene rings is 3. The van der Waals surface area contributed by atoms with Crippen LogP contribution < -0.4 is 0 Å². The van der Waals surface area contributed by atoms with E-state index in [1.54, 1.807) is 4.90 Å². The van der Waals surface area contributed by atoms with Crippen molar-refractivity contribution >= 4 is 22.8 Å². The fraction of sp³-hybridized carbons (Fsp3) is 0.154. The van der Waals surface area contributed by atoms with Gasteiger partial charge >= 0.3 is 5.97 Å². The molecule has 1 aliphatic rings. The van der Waals surface area contributed by atoms with E-state index in [2.05, 4.69) is 42.2 Å². The fourth-order valence-electron chi connectivity index (χ4n) is 4.52. The van der Waals surface area contributed by atoms with Gasteiger partial charge < -0.3 is 15.0 Å². The molecule has 1 amide bonds. The van der Waals surface area contributed by atoms with Crippen molar-refractivity contribution in [1.82, 2.24) is 9.88 Å². The first-order chi connectivity index (χ1) is 15.0. The Morgan fingerprint density at radius 2 is 1.71 bits per heavy atom. The van der Waals surface area contributed by atoms with Gasteiger partial charge in [0.15, 0.2) is 0 Å². The molecule has 5 nitrogen and oxygen atoms in total. The van der Waals surface area contributed by atoms with E-state index in [-0.39, 0.29) is 24.9 Å². The topological polar surface area (TPSA) is 73.4 Å². The number of para-hydroxylation sites is 1. The SMILES string of the molecule is Cc1ccc(-c2[nH]c3ccccc3c2C2c3ccccc3C(=O)N2CCC(=O)O)cc1. The zero-order valence-electron chi connectivity index (χ0n) is 17.1. The summed E-state index contributed by atoms with van der Waals surface area (Å²) in [6.45, 7) is 2.20. The number of amides is 1. The number of hydrogen-bond acceptors (Lipinski definition) is 2. The van der Waals surface area contributed by atoms with Crippen molar-refractivity contribution in [2.45, 2.75) is 19.4 Å². The van der Waals surface area contributed by atoms with Gasteiger partial charge in [-0.1, -0.05) is 66.2 Å². The number of fused-ring (bicyclic) bond motifs is 2. The van der Waals surface area contributed by atoms with Crippen molar-refractivity contribution in [1.29, 1.82) is 0 Å². The van der Waals surface area contributed by atoms with Crippen LogP contribution in [0, 0.1) is 6.92 Å². The third kappa shape index (κ3) is 3.19. The summed E-state index contributed by atoms with van der Waals surface area (Å²) in [5, 5.41) is 10.3. The molecule has 0 radical (unpaired) electrons. The Labute approximate surface area is 179 Å². The number of nitrogens with zero attached hydrogens (tertiary/aromatic N) is 1. The summed E-state index contributed by atoms with van der Waals surface area (Å²) < 4.78 is 0. The predicted octanol–water partition coefficient (Wildman–Crippen LogP) is 5.16. The van der Waals surface area contributed by atoms with Gasteiger partial charge in [0.2, 0.25) is 0 Å². The van der Waals surface area contributed by atoms with Crippen LogP contribution in [-0.2, 0) is 4.79 Å². The van der Waals surface area contributed by atoms with Crippen LogP contribution in [0.25, 0.3) is 22.2 Å². The van der Waals surface area contributed by atoms with E-state index in [1.807, 2.05) is 42.5 Å². The molecule has 5 rings (SSSR count). The molecule has 1 unspecified atom stereocenters. The second kappa shape index (κ2) is 7.43. The summed E-state index contributed by atoms with van der Waals surface area (Å²) in [6, 6.07) is 23.6. The number of aromatic nitrogens is 1. The second-order valence-corrected chi connectivity index (χ2v) is 7.96. The van der Waals surface area contributed by atoms with Gasteiger partial charge in [-0.25, -0.2) is 0 Å². The van der Waals surface area contributed by atoms with Crippen molar-refractivity contribution < 1.29 is 14.7 Å². The minimum absolute atomic E-state index is 0.0988. The average Bonchev–Trinajstić information content (AvgIpc) is 3.28. The molecule has 0 aliphatic carbocycles. The highest BCUT2D eigenvalue weighted by Crippen LogP contribution is 2.45. The summed E-state index contributed by atoms with van der Waals surface area (Å²) >= 11 is 0. The molecule has 1 aliphatic heterocycles. The standard InChI is InChI=1S/C26H22N2O3/c1-16-10-12-17(13-11-16)24-23(20-8-4-5-9-21(20)27-24)25-18-6-2-3-7-19(18)26(31)28(25)15-14-22(29)30/h2-13,25,27H,14-15H2,1H3,(H,29,30). The highest BCUT2D eigenvalue weighted by atomic mass is 16.4. The van der Waals surface area contributed by atoms with E-state index in [0.29, 0.717) is 5.56 Å². The molecule has 0 bridgehead atoms. The Bertz CT molecular complexity index is 1300. The highest BCUT2D eigenvalue weighted by molar-refractivity contribution is 6.02. The van der Waals surface area contributed by atoms with E-state index in [0.717, 1.165) is 33.3 Å². The first-order valence-electron chi connectivity index (χ1n) is 10.3. The van der Waals surface area contributed by atoms with Crippen LogP contribution in [-0.4, -0.2) is 33.4 Å². The van der Waals surface area contributed by atoms with Gasteiger partial charge in [-0.15, -0.1) is 0 Å². The molecule has 2 N–H and O–H groups in total. The molecule has 0 saturated carbocycles. The van der Waals surface area contributed by atoms with E-state index >= 15 is 0 Å². The largest absolute Gasteiger partial charge is 0.481 e. The van der Waals surface area contributed by atoms with Crippen molar-refractivity contribution in [3.05, 3.63) is 95.1 Å². The maximum absolute atomic E-state index is 13.3. The summed E-state index contributed by atoms with van der Waals surface area (Å²) in [5.74, 6) is -1.04. The van der Waals surface area contributed by atoms with E-state index in [1.165, 1.54) is 5.56 Å². The van der Waals surface area contributed by atoms with E-state index in [9.17, 15) is 14.7 Å². The number of carboxylic acids is 1. The number of aryl methyl sites for hydroxylation is 1. The number of aromatic amines is 1. The molecule has 4 aromatic rings. The minimum Gasteiger partial charge on any atom is -0.481 e. The Hall–Kier alpha value is -3.86. The third-order valence-corrected chi connectivity index (χ3v) is 5.98. The van der Waals surface area contributed by atoms with Gasteiger partial charge in [-0.3, -0.25) is 9.59 Å². The number of carboxylic acid groups (broad SMARTS) is 1. The smallest absolute Gasteiger partial charge is 0.305 e. The summed E-state index contributed by atoms with van der Waals surface area (Å²) in [6.07, 6.45) is -0.0988. The van der Waals surface area contributed by atoms with Crippen molar-refractivity contribution in [2.24, 2.45) is 0 Å². The quantitative estimate of drug-likeness (QED) is 0.477. The van der Waals surface area contributed by atoms with Crippen LogP contribution in [0.2, 0.25) is 0 Å². The molecule has 0 saturated heterocycles. The lowest BCUT2D eigenvalue weighted by Crippen LogP contribution is -2.31. The first kappa shape index (κ1) is 19.1. The number of H-pyrrole nitrogens is 1. The zero-order chi connectivity index (χ0) is 21.5. The second-order valence-electron chi connectivity index (χ2n) is 7.96. The molecule has 1 atom stereocenters. The maximum Gasteiger partial charge on any atom is 0.305 e. The lowest BCUT2D eigenvalue weighted by Gasteiger charge is -2.26. The third-order valence-electron chi connectivity index (χ3n) is 5.98. The minimum atomic E-state index is -0.916. The molecule has 3 aromatic carbocycles. The van der Waals surface area contributed by atoms with Crippen LogP contribution in [0.5, 0.6) is 0 Å². The molecule has 0 spiro atoms. The lowest BCUT2D eigenvalue weighted by atomic mass is 9.93. The van der Waals surface area contributed by atoms with Gasteiger partial charge in [-0.2, -0.15) is 0 Å². The van der Waals surface area contributed by atoms with Gasteiger partial charge in [0.1, 0.15) is 0 Å². The average molecular weight is 410 g/mol.